The molecule has 0 bridgehead atoms. The van der Waals surface area contributed by atoms with Crippen LogP contribution in [0, 0.1) is 17.3 Å². The minimum Gasteiger partial charge on any atom is -0.481 e. The van der Waals surface area contributed by atoms with Crippen molar-refractivity contribution < 1.29 is 9.90 Å². The lowest BCUT2D eigenvalue weighted by Gasteiger charge is -2.32. The van der Waals surface area contributed by atoms with Gasteiger partial charge in [0.15, 0.2) is 0 Å². The van der Waals surface area contributed by atoms with E-state index in [1.807, 2.05) is 0 Å². The van der Waals surface area contributed by atoms with Crippen molar-refractivity contribution in [3.63, 3.8) is 0 Å². The second kappa shape index (κ2) is 4.84. The van der Waals surface area contributed by atoms with Gasteiger partial charge in [-0.05, 0) is 50.4 Å². The smallest absolute Gasteiger partial charge is 0.310 e. The zero-order chi connectivity index (χ0) is 12.6. The molecule has 3 nitrogen and oxygen atoms in total. The van der Waals surface area contributed by atoms with Crippen LogP contribution in [0.15, 0.2) is 0 Å². The van der Waals surface area contributed by atoms with Crippen LogP contribution in [0.4, 0.5) is 0 Å². The average molecular weight is 251 g/mol. The predicted octanol–water partition coefficient (Wildman–Crippen LogP) is 2.75. The van der Waals surface area contributed by atoms with Gasteiger partial charge >= 0.3 is 5.97 Å². The van der Waals surface area contributed by atoms with E-state index >= 15 is 0 Å². The van der Waals surface area contributed by atoms with E-state index in [9.17, 15) is 9.90 Å². The van der Waals surface area contributed by atoms with Gasteiger partial charge in [-0.2, -0.15) is 0 Å². The Morgan fingerprint density at radius 3 is 1.94 bits per heavy atom. The standard InChI is InChI=1S/C15H25NO2/c17-14(18)15(7-1-2-8-15)11-16(9-12-3-4-12)10-13-5-6-13/h12-13H,1-11H2,(H,17,18). The quantitative estimate of drug-likeness (QED) is 0.756. The molecule has 0 amide bonds. The van der Waals surface area contributed by atoms with Crippen LogP contribution in [0.2, 0.25) is 0 Å². The molecule has 3 heteroatoms. The normalized spacial score (nSPS) is 26.7. The van der Waals surface area contributed by atoms with Crippen LogP contribution < -0.4 is 0 Å². The molecule has 0 saturated heterocycles. The third-order valence-corrected chi connectivity index (χ3v) is 4.97. The average Bonchev–Trinajstić information content (AvgIpc) is 3.23. The summed E-state index contributed by atoms with van der Waals surface area (Å²) in [5.41, 5.74) is -0.413. The number of hydrogen-bond donors (Lipinski definition) is 1. The number of hydrogen-bond acceptors (Lipinski definition) is 2. The number of nitrogens with zero attached hydrogens (tertiary/aromatic N) is 1. The number of carbonyl (C=O) groups is 1. The predicted molar refractivity (Wildman–Crippen MR) is 70.4 cm³/mol. The monoisotopic (exact) mass is 251 g/mol. The number of carboxylic acids is 1. The molecule has 0 aromatic rings. The summed E-state index contributed by atoms with van der Waals surface area (Å²) >= 11 is 0. The van der Waals surface area contributed by atoms with Gasteiger partial charge in [0.2, 0.25) is 0 Å². The molecule has 0 aliphatic heterocycles. The van der Waals surface area contributed by atoms with Crippen LogP contribution in [0.25, 0.3) is 0 Å². The third-order valence-electron chi connectivity index (χ3n) is 4.97. The van der Waals surface area contributed by atoms with E-state index in [2.05, 4.69) is 4.90 Å². The highest BCUT2D eigenvalue weighted by Crippen LogP contribution is 2.41. The van der Waals surface area contributed by atoms with E-state index in [-0.39, 0.29) is 0 Å². The van der Waals surface area contributed by atoms with Crippen molar-refractivity contribution in [1.82, 2.24) is 4.90 Å². The molecule has 18 heavy (non-hydrogen) atoms. The first kappa shape index (κ1) is 12.5. The first-order valence-electron chi connectivity index (χ1n) is 7.64. The van der Waals surface area contributed by atoms with Gasteiger partial charge in [0, 0.05) is 19.6 Å². The molecule has 0 atom stereocenters. The van der Waals surface area contributed by atoms with Crippen LogP contribution in [0.1, 0.15) is 51.4 Å². The topological polar surface area (TPSA) is 40.5 Å². The Labute approximate surface area is 110 Å². The van der Waals surface area contributed by atoms with E-state index in [0.29, 0.717) is 0 Å². The maximum atomic E-state index is 11.6. The van der Waals surface area contributed by atoms with Gasteiger partial charge in [0.1, 0.15) is 0 Å². The molecule has 0 aromatic carbocycles. The van der Waals surface area contributed by atoms with Crippen molar-refractivity contribution in [2.24, 2.45) is 17.3 Å². The maximum absolute atomic E-state index is 11.6. The Kier molecular flexibility index (Phi) is 3.35. The van der Waals surface area contributed by atoms with E-state index < -0.39 is 11.4 Å². The van der Waals surface area contributed by atoms with Crippen molar-refractivity contribution in [2.45, 2.75) is 51.4 Å². The van der Waals surface area contributed by atoms with Crippen LogP contribution in [-0.4, -0.2) is 35.6 Å². The summed E-state index contributed by atoms with van der Waals surface area (Å²) in [6, 6.07) is 0. The number of aliphatic carboxylic acids is 1. The second-order valence-corrected chi connectivity index (χ2v) is 6.87. The van der Waals surface area contributed by atoms with E-state index in [1.54, 1.807) is 0 Å². The maximum Gasteiger partial charge on any atom is 0.310 e. The van der Waals surface area contributed by atoms with Crippen molar-refractivity contribution in [1.29, 1.82) is 0 Å². The lowest BCUT2D eigenvalue weighted by Crippen LogP contribution is -2.43. The molecule has 3 saturated carbocycles. The largest absolute Gasteiger partial charge is 0.481 e. The molecule has 3 aliphatic rings. The summed E-state index contributed by atoms with van der Waals surface area (Å²) in [6.07, 6.45) is 9.45. The molecule has 3 rings (SSSR count). The van der Waals surface area contributed by atoms with Crippen LogP contribution in [0.5, 0.6) is 0 Å². The Bertz CT molecular complexity index is 300. The Balaban J connectivity index is 1.62. The second-order valence-electron chi connectivity index (χ2n) is 6.87. The summed E-state index contributed by atoms with van der Waals surface area (Å²) in [4.78, 5) is 14.1. The molecule has 0 aromatic heterocycles. The molecule has 0 spiro atoms. The zero-order valence-electron chi connectivity index (χ0n) is 11.2. The lowest BCUT2D eigenvalue weighted by molar-refractivity contribution is -0.150. The Morgan fingerprint density at radius 2 is 1.56 bits per heavy atom. The summed E-state index contributed by atoms with van der Waals surface area (Å²) < 4.78 is 0. The van der Waals surface area contributed by atoms with Crippen LogP contribution in [0.3, 0.4) is 0 Å². The minimum absolute atomic E-state index is 0.413. The Morgan fingerprint density at radius 1 is 1.06 bits per heavy atom. The van der Waals surface area contributed by atoms with E-state index in [0.717, 1.165) is 57.2 Å². The first-order valence-corrected chi connectivity index (χ1v) is 7.64. The summed E-state index contributed by atoms with van der Waals surface area (Å²) in [7, 11) is 0. The highest BCUT2D eigenvalue weighted by molar-refractivity contribution is 5.75. The van der Waals surface area contributed by atoms with Gasteiger partial charge in [-0.25, -0.2) is 0 Å². The molecular weight excluding hydrogens is 226 g/mol. The van der Waals surface area contributed by atoms with Crippen molar-refractivity contribution in [3.8, 4) is 0 Å². The molecule has 3 aliphatic carbocycles. The summed E-state index contributed by atoms with van der Waals surface area (Å²) in [5.74, 6) is 1.20. The summed E-state index contributed by atoms with van der Waals surface area (Å²) in [5, 5.41) is 9.59. The first-order chi connectivity index (χ1) is 8.68. The molecule has 102 valence electrons. The number of carboxylic acid groups (broad SMARTS) is 1. The van der Waals surface area contributed by atoms with Crippen LogP contribution in [-0.2, 0) is 4.79 Å². The van der Waals surface area contributed by atoms with Crippen LogP contribution >= 0.6 is 0 Å². The highest BCUT2D eigenvalue weighted by atomic mass is 16.4. The molecule has 0 heterocycles. The van der Waals surface area contributed by atoms with E-state index in [4.69, 9.17) is 0 Å². The van der Waals surface area contributed by atoms with Gasteiger partial charge in [0.25, 0.3) is 0 Å². The molecule has 0 unspecified atom stereocenters. The summed E-state index contributed by atoms with van der Waals surface area (Å²) in [6.45, 7) is 3.13. The highest BCUT2D eigenvalue weighted by Gasteiger charge is 2.43. The molecular formula is C15H25NO2. The lowest BCUT2D eigenvalue weighted by atomic mass is 9.85. The van der Waals surface area contributed by atoms with Crippen molar-refractivity contribution in [3.05, 3.63) is 0 Å². The molecule has 1 N–H and O–H groups in total. The fraction of sp³-hybridized carbons (Fsp3) is 0.933. The number of rotatable bonds is 7. The fourth-order valence-electron chi connectivity index (χ4n) is 3.45. The fourth-order valence-corrected chi connectivity index (χ4v) is 3.45. The van der Waals surface area contributed by atoms with Gasteiger partial charge in [-0.3, -0.25) is 4.79 Å². The van der Waals surface area contributed by atoms with Gasteiger partial charge < -0.3 is 10.0 Å². The van der Waals surface area contributed by atoms with Crippen molar-refractivity contribution in [2.75, 3.05) is 19.6 Å². The van der Waals surface area contributed by atoms with Gasteiger partial charge in [0.05, 0.1) is 5.41 Å². The van der Waals surface area contributed by atoms with Crippen molar-refractivity contribution >= 4 is 5.97 Å². The minimum atomic E-state index is -0.545. The Hall–Kier alpha value is -0.570. The van der Waals surface area contributed by atoms with E-state index in [1.165, 1.54) is 25.7 Å². The molecule has 3 fully saturated rings. The van der Waals surface area contributed by atoms with Gasteiger partial charge in [-0.15, -0.1) is 0 Å². The van der Waals surface area contributed by atoms with Gasteiger partial charge in [-0.1, -0.05) is 12.8 Å². The zero-order valence-corrected chi connectivity index (χ0v) is 11.2. The molecule has 0 radical (unpaired) electrons. The third kappa shape index (κ3) is 2.87. The SMILES string of the molecule is O=C(O)C1(CN(CC2CC2)CC2CC2)CCCC1.